The van der Waals surface area contributed by atoms with Crippen LogP contribution in [0.5, 0.6) is 0 Å². The van der Waals surface area contributed by atoms with E-state index in [0.29, 0.717) is 5.76 Å². The fraction of sp³-hybridized carbons (Fsp3) is 0.133. The number of rotatable bonds is 4. The fourth-order valence-corrected chi connectivity index (χ4v) is 1.87. The number of esters is 1. The summed E-state index contributed by atoms with van der Waals surface area (Å²) in [6.07, 6.45) is 1.46. The van der Waals surface area contributed by atoms with Crippen LogP contribution in [0, 0.1) is 0 Å². The second-order valence-corrected chi connectivity index (χ2v) is 4.81. The predicted molar refractivity (Wildman–Crippen MR) is 82.0 cm³/mol. The van der Waals surface area contributed by atoms with Crippen LogP contribution in [0.3, 0.4) is 0 Å². The summed E-state index contributed by atoms with van der Waals surface area (Å²) in [5.74, 6) is -1.85. The Morgan fingerprint density at radius 3 is 2.65 bits per heavy atom. The van der Waals surface area contributed by atoms with Crippen molar-refractivity contribution < 1.29 is 23.5 Å². The highest BCUT2D eigenvalue weighted by molar-refractivity contribution is 6.41. The van der Waals surface area contributed by atoms with Gasteiger partial charge >= 0.3 is 17.8 Å². The molecule has 0 fully saturated rings. The van der Waals surface area contributed by atoms with Crippen molar-refractivity contribution in [2.24, 2.45) is 0 Å². The molecule has 1 aromatic heterocycles. The second-order valence-electron chi connectivity index (χ2n) is 4.40. The summed E-state index contributed by atoms with van der Waals surface area (Å²) < 4.78 is 9.62. The Bertz CT molecular complexity index is 727. The molecule has 0 atom stereocenters. The number of benzene rings is 1. The van der Waals surface area contributed by atoms with Crippen molar-refractivity contribution in [3.8, 4) is 0 Å². The molecule has 0 aliphatic rings. The van der Waals surface area contributed by atoms with Gasteiger partial charge in [0.1, 0.15) is 5.76 Å². The molecule has 0 saturated heterocycles. The van der Waals surface area contributed by atoms with Crippen LogP contribution in [0.25, 0.3) is 0 Å². The Morgan fingerprint density at radius 2 is 2.00 bits per heavy atom. The Balaban J connectivity index is 2.01. The minimum atomic E-state index is -0.916. The highest BCUT2D eigenvalue weighted by atomic mass is 35.5. The van der Waals surface area contributed by atoms with Gasteiger partial charge < -0.3 is 19.8 Å². The SMILES string of the molecule is COC(=O)c1ccc(Cl)c(NC(=O)C(=O)NCc2ccco2)c1. The van der Waals surface area contributed by atoms with E-state index in [2.05, 4.69) is 15.4 Å². The number of carbonyl (C=O) groups is 3. The third-order valence-corrected chi connectivity index (χ3v) is 3.17. The standard InChI is InChI=1S/C15H13ClN2O5/c1-22-15(21)9-4-5-11(16)12(7-9)18-14(20)13(19)17-8-10-3-2-6-23-10/h2-7H,8H2,1H3,(H,17,19)(H,18,20). The molecule has 1 heterocycles. The first-order valence-corrected chi connectivity index (χ1v) is 6.88. The minimum absolute atomic E-state index is 0.0786. The molecule has 2 amide bonds. The minimum Gasteiger partial charge on any atom is -0.467 e. The second kappa shape index (κ2) is 7.46. The van der Waals surface area contributed by atoms with E-state index in [4.69, 9.17) is 16.0 Å². The Labute approximate surface area is 136 Å². The highest BCUT2D eigenvalue weighted by Crippen LogP contribution is 2.23. The molecule has 0 aliphatic carbocycles. The van der Waals surface area contributed by atoms with Crippen LogP contribution >= 0.6 is 11.6 Å². The van der Waals surface area contributed by atoms with Crippen molar-refractivity contribution in [2.45, 2.75) is 6.54 Å². The van der Waals surface area contributed by atoms with Gasteiger partial charge in [-0.1, -0.05) is 11.6 Å². The summed E-state index contributed by atoms with van der Waals surface area (Å²) in [5.41, 5.74) is 0.330. The van der Waals surface area contributed by atoms with Crippen molar-refractivity contribution in [1.82, 2.24) is 5.32 Å². The van der Waals surface area contributed by atoms with Gasteiger partial charge in [0, 0.05) is 0 Å². The van der Waals surface area contributed by atoms with Crippen LogP contribution in [-0.4, -0.2) is 24.9 Å². The molecule has 0 aliphatic heterocycles. The van der Waals surface area contributed by atoms with Crippen molar-refractivity contribution in [2.75, 3.05) is 12.4 Å². The number of halogens is 1. The molecule has 2 N–H and O–H groups in total. The lowest BCUT2D eigenvalue weighted by atomic mass is 10.2. The maximum atomic E-state index is 11.8. The van der Waals surface area contributed by atoms with Crippen LogP contribution in [-0.2, 0) is 20.9 Å². The summed E-state index contributed by atoms with van der Waals surface area (Å²) in [5, 5.41) is 4.92. The zero-order valence-corrected chi connectivity index (χ0v) is 12.8. The maximum Gasteiger partial charge on any atom is 0.337 e. The number of anilines is 1. The lowest BCUT2D eigenvalue weighted by Gasteiger charge is -2.09. The topological polar surface area (TPSA) is 97.6 Å². The van der Waals surface area contributed by atoms with Gasteiger partial charge in [-0.15, -0.1) is 0 Å². The van der Waals surface area contributed by atoms with Gasteiger partial charge in [-0.05, 0) is 30.3 Å². The predicted octanol–water partition coefficient (Wildman–Crippen LogP) is 1.97. The van der Waals surface area contributed by atoms with Crippen LogP contribution in [0.2, 0.25) is 5.02 Å². The van der Waals surface area contributed by atoms with Gasteiger partial charge in [-0.2, -0.15) is 0 Å². The molecule has 0 unspecified atom stereocenters. The monoisotopic (exact) mass is 336 g/mol. The number of amides is 2. The van der Waals surface area contributed by atoms with E-state index in [-0.39, 0.29) is 22.8 Å². The molecule has 8 heteroatoms. The van der Waals surface area contributed by atoms with Gasteiger partial charge in [0.15, 0.2) is 0 Å². The van der Waals surface area contributed by atoms with E-state index in [0.717, 1.165) is 0 Å². The Hall–Kier alpha value is -2.80. The van der Waals surface area contributed by atoms with Crippen LogP contribution < -0.4 is 10.6 Å². The number of nitrogens with one attached hydrogen (secondary N) is 2. The first-order valence-electron chi connectivity index (χ1n) is 6.50. The molecular weight excluding hydrogens is 324 g/mol. The molecule has 23 heavy (non-hydrogen) atoms. The van der Waals surface area contributed by atoms with E-state index in [9.17, 15) is 14.4 Å². The normalized spacial score (nSPS) is 10.0. The van der Waals surface area contributed by atoms with E-state index >= 15 is 0 Å². The molecule has 0 saturated carbocycles. The summed E-state index contributed by atoms with van der Waals surface area (Å²) in [6.45, 7) is 0.0786. The van der Waals surface area contributed by atoms with Gasteiger partial charge in [0.05, 0.1) is 36.2 Å². The molecule has 1 aromatic carbocycles. The van der Waals surface area contributed by atoms with E-state index in [1.54, 1.807) is 12.1 Å². The Kier molecular flexibility index (Phi) is 5.37. The summed E-state index contributed by atoms with van der Waals surface area (Å²) >= 11 is 5.94. The zero-order chi connectivity index (χ0) is 16.8. The third-order valence-electron chi connectivity index (χ3n) is 2.85. The van der Waals surface area contributed by atoms with Gasteiger partial charge in [-0.25, -0.2) is 4.79 Å². The summed E-state index contributed by atoms with van der Waals surface area (Å²) in [7, 11) is 1.23. The average Bonchev–Trinajstić information content (AvgIpc) is 3.07. The van der Waals surface area contributed by atoms with Gasteiger partial charge in [-0.3, -0.25) is 9.59 Å². The third kappa shape index (κ3) is 4.33. The number of carbonyl (C=O) groups excluding carboxylic acids is 3. The lowest BCUT2D eigenvalue weighted by Crippen LogP contribution is -2.35. The number of hydrogen-bond donors (Lipinski definition) is 2. The highest BCUT2D eigenvalue weighted by Gasteiger charge is 2.17. The fourth-order valence-electron chi connectivity index (χ4n) is 1.71. The van der Waals surface area contributed by atoms with Crippen LogP contribution in [0.1, 0.15) is 16.1 Å². The largest absolute Gasteiger partial charge is 0.467 e. The molecule has 2 rings (SSSR count). The van der Waals surface area contributed by atoms with E-state index in [1.165, 1.54) is 31.6 Å². The Morgan fingerprint density at radius 1 is 1.22 bits per heavy atom. The van der Waals surface area contributed by atoms with Gasteiger partial charge in [0.2, 0.25) is 0 Å². The first kappa shape index (κ1) is 16.6. The number of methoxy groups -OCH3 is 1. The van der Waals surface area contributed by atoms with Crippen molar-refractivity contribution in [3.05, 3.63) is 52.9 Å². The van der Waals surface area contributed by atoms with Crippen molar-refractivity contribution in [3.63, 3.8) is 0 Å². The van der Waals surface area contributed by atoms with Crippen molar-refractivity contribution in [1.29, 1.82) is 0 Å². The van der Waals surface area contributed by atoms with Crippen molar-refractivity contribution >= 4 is 35.1 Å². The molecule has 0 bridgehead atoms. The smallest absolute Gasteiger partial charge is 0.337 e. The zero-order valence-electron chi connectivity index (χ0n) is 12.1. The summed E-state index contributed by atoms with van der Waals surface area (Å²) in [4.78, 5) is 35.0. The maximum absolute atomic E-state index is 11.8. The number of furan rings is 1. The molecule has 2 aromatic rings. The number of ether oxygens (including phenoxy) is 1. The number of hydrogen-bond acceptors (Lipinski definition) is 5. The molecule has 120 valence electrons. The van der Waals surface area contributed by atoms with E-state index < -0.39 is 17.8 Å². The molecule has 0 spiro atoms. The summed E-state index contributed by atoms with van der Waals surface area (Å²) in [6, 6.07) is 7.52. The average molecular weight is 337 g/mol. The van der Waals surface area contributed by atoms with E-state index in [1.807, 2.05) is 0 Å². The van der Waals surface area contributed by atoms with Gasteiger partial charge in [0.25, 0.3) is 0 Å². The quantitative estimate of drug-likeness (QED) is 0.657. The van der Waals surface area contributed by atoms with Crippen LogP contribution in [0.4, 0.5) is 5.69 Å². The first-order chi connectivity index (χ1) is 11.0. The lowest BCUT2D eigenvalue weighted by molar-refractivity contribution is -0.136. The van der Waals surface area contributed by atoms with Crippen LogP contribution in [0.15, 0.2) is 41.0 Å². The molecule has 0 radical (unpaired) electrons. The molecular formula is C15H13ClN2O5. The molecule has 7 nitrogen and oxygen atoms in total.